The van der Waals surface area contributed by atoms with Crippen molar-refractivity contribution in [2.75, 3.05) is 6.61 Å². The zero-order valence-electron chi connectivity index (χ0n) is 40.4. The van der Waals surface area contributed by atoms with E-state index in [9.17, 15) is 19.8 Å². The number of nitrogens with one attached hydrogen (secondary N) is 1. The Morgan fingerprint density at radius 2 is 0.817 bits per heavy atom. The molecule has 0 rings (SSSR count). The second-order valence-electron chi connectivity index (χ2n) is 18.3. The van der Waals surface area contributed by atoms with Gasteiger partial charge in [0.1, 0.15) is 6.10 Å². The lowest BCUT2D eigenvalue weighted by molar-refractivity contribution is -0.151. The van der Waals surface area contributed by atoms with Crippen LogP contribution in [-0.2, 0) is 14.3 Å². The fourth-order valence-corrected chi connectivity index (χ4v) is 8.17. The van der Waals surface area contributed by atoms with E-state index in [1.54, 1.807) is 0 Å². The van der Waals surface area contributed by atoms with Gasteiger partial charge < -0.3 is 20.3 Å². The molecule has 0 fully saturated rings. The second-order valence-corrected chi connectivity index (χ2v) is 18.3. The van der Waals surface area contributed by atoms with Crippen LogP contribution in [0.4, 0.5) is 0 Å². The van der Waals surface area contributed by atoms with Crippen molar-refractivity contribution in [3.63, 3.8) is 0 Å². The molecular formula is C54H103NO5. The van der Waals surface area contributed by atoms with Crippen LogP contribution >= 0.6 is 0 Å². The molecule has 0 aliphatic heterocycles. The lowest BCUT2D eigenvalue weighted by Crippen LogP contribution is -2.46. The quantitative estimate of drug-likeness (QED) is 0.0322. The third-order valence-electron chi connectivity index (χ3n) is 12.3. The van der Waals surface area contributed by atoms with Crippen LogP contribution in [0.1, 0.15) is 284 Å². The van der Waals surface area contributed by atoms with Crippen LogP contribution in [0, 0.1) is 0 Å². The monoisotopic (exact) mass is 846 g/mol. The predicted octanol–water partition coefficient (Wildman–Crippen LogP) is 15.9. The molecule has 6 nitrogen and oxygen atoms in total. The Balaban J connectivity index is 4.42. The average molecular weight is 846 g/mol. The summed E-state index contributed by atoms with van der Waals surface area (Å²) in [5, 5.41) is 23.7. The molecular weight excluding hydrogens is 743 g/mol. The summed E-state index contributed by atoms with van der Waals surface area (Å²) in [5.74, 6) is -0.490. The average Bonchev–Trinajstić information content (AvgIpc) is 3.24. The van der Waals surface area contributed by atoms with Crippen molar-refractivity contribution in [3.05, 3.63) is 24.3 Å². The van der Waals surface area contributed by atoms with Gasteiger partial charge in [-0.25, -0.2) is 0 Å². The molecule has 0 bridgehead atoms. The Bertz CT molecular complexity index is 950. The van der Waals surface area contributed by atoms with Crippen molar-refractivity contribution in [2.24, 2.45) is 0 Å². The molecule has 0 heterocycles. The van der Waals surface area contributed by atoms with Gasteiger partial charge in [0.2, 0.25) is 5.91 Å². The Kier molecular flexibility index (Phi) is 47.0. The third kappa shape index (κ3) is 43.0. The van der Waals surface area contributed by atoms with E-state index in [4.69, 9.17) is 4.74 Å². The van der Waals surface area contributed by atoms with E-state index in [0.717, 1.165) is 70.6 Å². The summed E-state index contributed by atoms with van der Waals surface area (Å²) in [7, 11) is 0. The highest BCUT2D eigenvalue weighted by atomic mass is 16.5. The lowest BCUT2D eigenvalue weighted by Gasteiger charge is -2.24. The van der Waals surface area contributed by atoms with Crippen molar-refractivity contribution in [3.8, 4) is 0 Å². The molecule has 60 heavy (non-hydrogen) atoms. The SMILES string of the molecule is CCCC/C=C\CCCCCC(CC(=O)NC(CO)C(O)CCCCCCCCCCCCCCCC)OC(=O)CCCCCCC/C=C/CCCCCCCCCCC. The molecule has 3 N–H and O–H groups in total. The number of aliphatic hydroxyl groups is 2. The van der Waals surface area contributed by atoms with E-state index in [1.807, 2.05) is 0 Å². The summed E-state index contributed by atoms with van der Waals surface area (Å²) in [6.45, 7) is 6.45. The summed E-state index contributed by atoms with van der Waals surface area (Å²) in [5.41, 5.74) is 0. The number of hydrogen-bond acceptors (Lipinski definition) is 5. The number of hydrogen-bond donors (Lipinski definition) is 3. The Hall–Kier alpha value is -1.66. The number of aliphatic hydroxyl groups excluding tert-OH is 2. The predicted molar refractivity (Wildman–Crippen MR) is 260 cm³/mol. The molecule has 6 heteroatoms. The first-order valence-corrected chi connectivity index (χ1v) is 26.6. The molecule has 0 aliphatic rings. The van der Waals surface area contributed by atoms with Crippen LogP contribution in [0.5, 0.6) is 0 Å². The third-order valence-corrected chi connectivity index (χ3v) is 12.3. The Labute approximate surface area is 373 Å². The summed E-state index contributed by atoms with van der Waals surface area (Å²) in [4.78, 5) is 26.1. The summed E-state index contributed by atoms with van der Waals surface area (Å²) < 4.78 is 5.91. The fourth-order valence-electron chi connectivity index (χ4n) is 8.17. The number of rotatable bonds is 48. The number of carbonyl (C=O) groups excluding carboxylic acids is 2. The minimum atomic E-state index is -0.789. The van der Waals surface area contributed by atoms with Crippen molar-refractivity contribution in [2.45, 2.75) is 302 Å². The van der Waals surface area contributed by atoms with Gasteiger partial charge in [-0.2, -0.15) is 0 Å². The zero-order chi connectivity index (χ0) is 43.8. The minimum Gasteiger partial charge on any atom is -0.462 e. The van der Waals surface area contributed by atoms with Gasteiger partial charge in [-0.1, -0.05) is 225 Å². The van der Waals surface area contributed by atoms with Crippen molar-refractivity contribution in [1.29, 1.82) is 0 Å². The maximum Gasteiger partial charge on any atom is 0.306 e. The van der Waals surface area contributed by atoms with E-state index in [1.165, 1.54) is 167 Å². The molecule has 3 atom stereocenters. The maximum atomic E-state index is 13.2. The van der Waals surface area contributed by atoms with E-state index in [-0.39, 0.29) is 24.9 Å². The second kappa shape index (κ2) is 48.4. The van der Waals surface area contributed by atoms with Gasteiger partial charge in [0, 0.05) is 6.42 Å². The standard InChI is InChI=1S/C54H103NO5/c1-4-7-10-13-16-19-21-23-25-26-27-28-30-32-35-38-41-44-47-54(59)60-50(45-42-39-36-33-18-15-12-9-6-3)48-53(58)55-51(49-56)52(57)46-43-40-37-34-31-29-24-22-20-17-14-11-8-5-2/h15,18,27-28,50-52,56-57H,4-14,16-17,19-26,29-49H2,1-3H3,(H,55,58)/b18-15-,28-27+. The molecule has 0 aromatic carbocycles. The summed E-state index contributed by atoms with van der Waals surface area (Å²) in [6.07, 6.45) is 55.3. The molecule has 0 aromatic rings. The lowest BCUT2D eigenvalue weighted by atomic mass is 10.0. The molecule has 354 valence electrons. The van der Waals surface area contributed by atoms with Gasteiger partial charge in [-0.3, -0.25) is 9.59 Å². The number of allylic oxidation sites excluding steroid dienone is 4. The number of esters is 1. The van der Waals surface area contributed by atoms with Crippen LogP contribution in [0.15, 0.2) is 24.3 Å². The van der Waals surface area contributed by atoms with Crippen LogP contribution in [-0.4, -0.2) is 46.9 Å². The van der Waals surface area contributed by atoms with E-state index in [2.05, 4.69) is 50.4 Å². The Morgan fingerprint density at radius 3 is 1.25 bits per heavy atom. The van der Waals surface area contributed by atoms with Crippen molar-refractivity contribution < 1.29 is 24.5 Å². The molecule has 0 aliphatic carbocycles. The molecule has 0 radical (unpaired) electrons. The van der Waals surface area contributed by atoms with Gasteiger partial charge in [-0.05, 0) is 70.6 Å². The van der Waals surface area contributed by atoms with Crippen LogP contribution in [0.3, 0.4) is 0 Å². The minimum absolute atomic E-state index is 0.0668. The van der Waals surface area contributed by atoms with Crippen LogP contribution in [0.25, 0.3) is 0 Å². The highest BCUT2D eigenvalue weighted by Crippen LogP contribution is 2.18. The first kappa shape index (κ1) is 58.3. The normalized spacial score (nSPS) is 13.3. The molecule has 0 saturated carbocycles. The number of amides is 1. The topological polar surface area (TPSA) is 95.9 Å². The van der Waals surface area contributed by atoms with E-state index >= 15 is 0 Å². The van der Waals surface area contributed by atoms with Gasteiger partial charge >= 0.3 is 5.97 Å². The van der Waals surface area contributed by atoms with Gasteiger partial charge in [0.15, 0.2) is 0 Å². The van der Waals surface area contributed by atoms with Gasteiger partial charge in [-0.15, -0.1) is 0 Å². The van der Waals surface area contributed by atoms with Crippen LogP contribution < -0.4 is 5.32 Å². The molecule has 0 aromatic heterocycles. The molecule has 1 amide bonds. The first-order chi connectivity index (χ1) is 29.5. The Morgan fingerprint density at radius 1 is 0.467 bits per heavy atom. The van der Waals surface area contributed by atoms with Crippen LogP contribution in [0.2, 0.25) is 0 Å². The fraction of sp³-hybridized carbons (Fsp3) is 0.889. The van der Waals surface area contributed by atoms with E-state index < -0.39 is 18.2 Å². The highest BCUT2D eigenvalue weighted by Gasteiger charge is 2.24. The van der Waals surface area contributed by atoms with E-state index in [0.29, 0.717) is 19.3 Å². The molecule has 3 unspecified atom stereocenters. The first-order valence-electron chi connectivity index (χ1n) is 26.6. The number of unbranched alkanes of at least 4 members (excludes halogenated alkanes) is 32. The largest absolute Gasteiger partial charge is 0.462 e. The summed E-state index contributed by atoms with van der Waals surface area (Å²) in [6, 6.07) is -0.703. The number of ether oxygens (including phenoxy) is 1. The van der Waals surface area contributed by atoms with Crippen molar-refractivity contribution >= 4 is 11.9 Å². The highest BCUT2D eigenvalue weighted by molar-refractivity contribution is 5.77. The van der Waals surface area contributed by atoms with Gasteiger partial charge in [0.25, 0.3) is 0 Å². The zero-order valence-corrected chi connectivity index (χ0v) is 40.4. The summed E-state index contributed by atoms with van der Waals surface area (Å²) >= 11 is 0. The van der Waals surface area contributed by atoms with Crippen molar-refractivity contribution in [1.82, 2.24) is 5.32 Å². The maximum absolute atomic E-state index is 13.2. The van der Waals surface area contributed by atoms with Gasteiger partial charge in [0.05, 0.1) is 25.2 Å². The smallest absolute Gasteiger partial charge is 0.306 e. The number of carbonyl (C=O) groups is 2. The molecule has 0 saturated heterocycles. The molecule has 0 spiro atoms.